The molecule has 3 heterocycles. The van der Waals surface area contributed by atoms with E-state index in [-0.39, 0.29) is 0 Å². The van der Waals surface area contributed by atoms with Gasteiger partial charge in [-0.1, -0.05) is 0 Å². The summed E-state index contributed by atoms with van der Waals surface area (Å²) in [7, 11) is 0. The van der Waals surface area contributed by atoms with Gasteiger partial charge in [0.2, 0.25) is 0 Å². The maximum absolute atomic E-state index is 9.78. The summed E-state index contributed by atoms with van der Waals surface area (Å²) in [5.74, 6) is 0.347. The van der Waals surface area contributed by atoms with Crippen LogP contribution < -0.4 is 4.57 Å². The van der Waals surface area contributed by atoms with Gasteiger partial charge in [0.1, 0.15) is 0 Å². The molecule has 0 saturated heterocycles. The van der Waals surface area contributed by atoms with Gasteiger partial charge in [0.15, 0.2) is 0 Å². The topological polar surface area (TPSA) is 24.1 Å². The number of rotatable bonds is 4. The molecule has 6 heteroatoms. The summed E-state index contributed by atoms with van der Waals surface area (Å²) in [6.45, 7) is 3.10. The second-order valence-corrected chi connectivity index (χ2v) is 13.0. The summed E-state index contributed by atoms with van der Waals surface area (Å²) in [5.41, 5.74) is 1.17. The van der Waals surface area contributed by atoms with Crippen molar-refractivity contribution in [2.24, 2.45) is 0 Å². The SMILES string of the molecule is CC[n+]1c(/C=C/c2ccc(-c3ccc(I)s3)[se]2)[se]c2ccc(O)cc21. The van der Waals surface area contributed by atoms with Crippen LogP contribution in [0.2, 0.25) is 0 Å². The first-order chi connectivity index (χ1) is 12.1. The molecule has 126 valence electrons. The van der Waals surface area contributed by atoms with Gasteiger partial charge in [0.25, 0.3) is 0 Å². The number of nitrogens with zero attached hydrogens (tertiary/aromatic N) is 1. The van der Waals surface area contributed by atoms with Gasteiger partial charge in [-0.2, -0.15) is 0 Å². The van der Waals surface area contributed by atoms with Crippen molar-refractivity contribution < 1.29 is 9.67 Å². The average Bonchev–Trinajstić information content (AvgIpc) is 3.30. The van der Waals surface area contributed by atoms with Gasteiger partial charge in [-0.15, -0.1) is 0 Å². The predicted octanol–water partition coefficient (Wildman–Crippen LogP) is 4.47. The molecule has 1 N–H and O–H groups in total. The average molecular weight is 590 g/mol. The first-order valence-electron chi connectivity index (χ1n) is 7.83. The molecule has 0 spiro atoms. The van der Waals surface area contributed by atoms with Gasteiger partial charge in [0, 0.05) is 0 Å². The number of thiophene rings is 1. The van der Waals surface area contributed by atoms with E-state index in [4.69, 9.17) is 0 Å². The molecule has 0 aliphatic carbocycles. The minimum atomic E-state index is 0.307. The molecule has 25 heavy (non-hydrogen) atoms. The van der Waals surface area contributed by atoms with Crippen molar-refractivity contribution in [1.29, 1.82) is 0 Å². The van der Waals surface area contributed by atoms with Gasteiger partial charge in [-0.25, -0.2) is 0 Å². The van der Waals surface area contributed by atoms with E-state index in [2.05, 4.69) is 76.6 Å². The number of aromatic hydroxyl groups is 1. The molecule has 1 aromatic carbocycles. The summed E-state index contributed by atoms with van der Waals surface area (Å²) in [4.78, 5) is 1.40. The zero-order valence-electron chi connectivity index (χ0n) is 13.4. The third kappa shape index (κ3) is 3.75. The molecule has 3 aromatic heterocycles. The Morgan fingerprint density at radius 1 is 1.12 bits per heavy atom. The molecule has 0 amide bonds. The first kappa shape index (κ1) is 17.8. The Balaban J connectivity index is 1.66. The third-order valence-corrected chi connectivity index (χ3v) is 10.7. The Morgan fingerprint density at radius 2 is 2.00 bits per heavy atom. The summed E-state index contributed by atoms with van der Waals surface area (Å²) in [6, 6.07) is 14.7. The Labute approximate surface area is 176 Å². The molecule has 0 saturated carbocycles. The number of aryl methyl sites for hydroxylation is 1. The number of halogens is 1. The molecule has 0 aliphatic rings. The van der Waals surface area contributed by atoms with E-state index in [1.54, 1.807) is 6.07 Å². The molecule has 0 atom stereocenters. The molecule has 0 bridgehead atoms. The van der Waals surface area contributed by atoms with E-state index < -0.39 is 0 Å². The standard InChI is InChI=1S/C19H14INOSSe2/c1-2-21-14-11-12(22)3-7-16(14)25-19(21)10-5-13-4-8-17(24-13)15-6-9-18(20)23-15/h3-11H,2H2,1H3/p+1/b10-5+. The van der Waals surface area contributed by atoms with Crippen molar-refractivity contribution >= 4 is 84.9 Å². The van der Waals surface area contributed by atoms with E-state index in [1.807, 2.05) is 17.4 Å². The van der Waals surface area contributed by atoms with Crippen LogP contribution >= 0.6 is 33.9 Å². The molecule has 4 aromatic rings. The van der Waals surface area contributed by atoms with Crippen LogP contribution in [0, 0.1) is 2.88 Å². The van der Waals surface area contributed by atoms with Gasteiger partial charge >= 0.3 is 177 Å². The zero-order valence-corrected chi connectivity index (χ0v) is 19.8. The number of phenols is 1. The molecule has 0 fully saturated rings. The van der Waals surface area contributed by atoms with Crippen LogP contribution in [0.1, 0.15) is 15.9 Å². The van der Waals surface area contributed by atoms with Crippen LogP contribution in [0.25, 0.3) is 31.2 Å². The molecule has 2 nitrogen and oxygen atoms in total. The van der Waals surface area contributed by atoms with Crippen molar-refractivity contribution in [1.82, 2.24) is 0 Å². The van der Waals surface area contributed by atoms with E-state index in [0.717, 1.165) is 6.54 Å². The Bertz CT molecular complexity index is 1080. The molecule has 0 aliphatic heterocycles. The number of benzene rings is 1. The molecular formula is C19H15INOSSe2+. The van der Waals surface area contributed by atoms with Crippen LogP contribution in [0.3, 0.4) is 0 Å². The van der Waals surface area contributed by atoms with E-state index in [9.17, 15) is 5.11 Å². The van der Waals surface area contributed by atoms with E-state index >= 15 is 0 Å². The monoisotopic (exact) mass is 592 g/mol. The fourth-order valence-electron chi connectivity index (χ4n) is 2.71. The predicted molar refractivity (Wildman–Crippen MR) is 117 cm³/mol. The Kier molecular flexibility index (Phi) is 5.37. The number of fused-ring (bicyclic) bond motifs is 1. The summed E-state index contributed by atoms with van der Waals surface area (Å²) in [6.07, 6.45) is 4.57. The van der Waals surface area contributed by atoms with Crippen LogP contribution in [0.5, 0.6) is 5.75 Å². The number of aromatic nitrogens is 1. The van der Waals surface area contributed by atoms with Gasteiger partial charge in [-0.3, -0.25) is 0 Å². The molecular weight excluding hydrogens is 575 g/mol. The van der Waals surface area contributed by atoms with Crippen LogP contribution in [-0.2, 0) is 6.54 Å². The quantitative estimate of drug-likeness (QED) is 0.212. The van der Waals surface area contributed by atoms with Crippen molar-refractivity contribution in [3.63, 3.8) is 0 Å². The van der Waals surface area contributed by atoms with Gasteiger partial charge in [0.05, 0.1) is 0 Å². The van der Waals surface area contributed by atoms with Crippen molar-refractivity contribution in [3.05, 3.63) is 54.4 Å². The fraction of sp³-hybridized carbons (Fsp3) is 0.105. The second-order valence-electron chi connectivity index (χ2n) is 5.48. The van der Waals surface area contributed by atoms with E-state index in [1.165, 1.54) is 31.0 Å². The van der Waals surface area contributed by atoms with Gasteiger partial charge in [-0.05, 0) is 0 Å². The summed E-state index contributed by atoms with van der Waals surface area (Å²) >= 11 is 4.95. The molecule has 0 unspecified atom stereocenters. The number of hydrogen-bond donors (Lipinski definition) is 1. The first-order valence-corrected chi connectivity index (χ1v) is 13.1. The normalized spacial score (nSPS) is 11.8. The van der Waals surface area contributed by atoms with Crippen LogP contribution in [0.15, 0.2) is 42.5 Å². The second kappa shape index (κ2) is 7.55. The number of hydrogen-bond acceptors (Lipinski definition) is 2. The number of phenolic OH excluding ortho intramolecular Hbond substituents is 1. The van der Waals surface area contributed by atoms with Crippen LogP contribution in [-0.4, -0.2) is 34.1 Å². The third-order valence-electron chi connectivity index (χ3n) is 3.86. The molecule has 0 radical (unpaired) electrons. The summed E-state index contributed by atoms with van der Waals surface area (Å²) in [5, 5.41) is 9.78. The van der Waals surface area contributed by atoms with Crippen molar-refractivity contribution in [2.45, 2.75) is 13.5 Å². The molecule has 4 rings (SSSR count). The fourth-order valence-corrected chi connectivity index (χ4v) is 8.81. The maximum atomic E-state index is 9.78. The van der Waals surface area contributed by atoms with Crippen molar-refractivity contribution in [3.8, 4) is 15.1 Å². The van der Waals surface area contributed by atoms with Gasteiger partial charge < -0.3 is 0 Å². The van der Waals surface area contributed by atoms with Crippen molar-refractivity contribution in [2.75, 3.05) is 0 Å². The van der Waals surface area contributed by atoms with E-state index in [0.29, 0.717) is 34.8 Å². The Hall–Kier alpha value is -0.621. The summed E-state index contributed by atoms with van der Waals surface area (Å²) < 4.78 is 9.28. The Morgan fingerprint density at radius 3 is 2.76 bits per heavy atom. The zero-order chi connectivity index (χ0) is 17.4. The van der Waals surface area contributed by atoms with Crippen LogP contribution in [0.4, 0.5) is 0 Å². The minimum absolute atomic E-state index is 0.307.